The minimum Gasteiger partial charge on any atom is -0.460 e. The van der Waals surface area contributed by atoms with E-state index in [1.165, 1.54) is 4.90 Å². The molecule has 0 bridgehead atoms. The summed E-state index contributed by atoms with van der Waals surface area (Å²) in [5.41, 5.74) is 6.19. The molecular formula is C16H23N3O4. The van der Waals surface area contributed by atoms with E-state index in [1.54, 1.807) is 32.3 Å². The smallest absolute Gasteiger partial charge is 0.415 e. The van der Waals surface area contributed by atoms with Crippen molar-refractivity contribution >= 4 is 17.9 Å². The van der Waals surface area contributed by atoms with Gasteiger partial charge in [0.1, 0.15) is 18.5 Å². The third-order valence-electron chi connectivity index (χ3n) is 3.85. The maximum absolute atomic E-state index is 12.2. The van der Waals surface area contributed by atoms with Gasteiger partial charge < -0.3 is 15.2 Å². The maximum atomic E-state index is 12.2. The van der Waals surface area contributed by atoms with Crippen LogP contribution in [0.5, 0.6) is 0 Å². The molecule has 1 atom stereocenters. The Balaban J connectivity index is 2.00. The summed E-state index contributed by atoms with van der Waals surface area (Å²) in [7, 11) is 1.58. The van der Waals surface area contributed by atoms with Crippen LogP contribution in [0.2, 0.25) is 0 Å². The van der Waals surface area contributed by atoms with Crippen molar-refractivity contribution in [1.82, 2.24) is 4.98 Å². The van der Waals surface area contributed by atoms with E-state index in [1.807, 2.05) is 0 Å². The second-order valence-electron chi connectivity index (χ2n) is 6.31. The number of nitrogens with zero attached hydrogens (tertiary/aromatic N) is 2. The lowest BCUT2D eigenvalue weighted by Gasteiger charge is -2.20. The van der Waals surface area contributed by atoms with Gasteiger partial charge in [-0.05, 0) is 25.8 Å². The number of hydrogen-bond donors (Lipinski definition) is 1. The standard InChI is InChI=1S/C16H23N3O4/c1-11(17)14(20)22-9-12-5-4-8-18-13(12)19(3)15(21)23-10-16(2)6-7-16/h4-5,8,11H,6-7,9-10,17H2,1-3H3/t11-/m0/s1. The Morgan fingerprint density at radius 1 is 1.43 bits per heavy atom. The van der Waals surface area contributed by atoms with Crippen molar-refractivity contribution < 1.29 is 19.1 Å². The number of carbonyl (C=O) groups excluding carboxylic acids is 2. The average molecular weight is 321 g/mol. The average Bonchev–Trinajstić information content (AvgIpc) is 3.27. The summed E-state index contributed by atoms with van der Waals surface area (Å²) in [6.45, 7) is 4.03. The highest BCUT2D eigenvalue weighted by Crippen LogP contribution is 2.45. The van der Waals surface area contributed by atoms with Crippen LogP contribution in [-0.2, 0) is 20.9 Å². The number of aromatic nitrogens is 1. The lowest BCUT2D eigenvalue weighted by atomic mass is 10.2. The van der Waals surface area contributed by atoms with Crippen molar-refractivity contribution in [2.45, 2.75) is 39.3 Å². The highest BCUT2D eigenvalue weighted by atomic mass is 16.6. The van der Waals surface area contributed by atoms with Crippen LogP contribution in [0.25, 0.3) is 0 Å². The number of pyridine rings is 1. The van der Waals surface area contributed by atoms with Crippen molar-refractivity contribution in [3.8, 4) is 0 Å². The fourth-order valence-electron chi connectivity index (χ4n) is 1.90. The van der Waals surface area contributed by atoms with Gasteiger partial charge in [0.15, 0.2) is 0 Å². The van der Waals surface area contributed by atoms with Gasteiger partial charge in [0.2, 0.25) is 0 Å². The fourth-order valence-corrected chi connectivity index (χ4v) is 1.90. The first-order valence-electron chi connectivity index (χ1n) is 7.59. The molecule has 1 aromatic heterocycles. The van der Waals surface area contributed by atoms with Crippen molar-refractivity contribution in [3.05, 3.63) is 23.9 Å². The van der Waals surface area contributed by atoms with Crippen LogP contribution in [0.3, 0.4) is 0 Å². The lowest BCUT2D eigenvalue weighted by Crippen LogP contribution is -2.31. The summed E-state index contributed by atoms with van der Waals surface area (Å²) in [6.07, 6.45) is 3.24. The van der Waals surface area contributed by atoms with Crippen molar-refractivity contribution in [2.24, 2.45) is 11.1 Å². The first-order valence-corrected chi connectivity index (χ1v) is 7.59. The zero-order chi connectivity index (χ0) is 17.0. The van der Waals surface area contributed by atoms with Crippen LogP contribution in [0.1, 0.15) is 32.3 Å². The number of ether oxygens (including phenoxy) is 2. The molecule has 0 radical (unpaired) electrons. The van der Waals surface area contributed by atoms with Gasteiger partial charge in [0.05, 0.1) is 6.61 Å². The highest BCUT2D eigenvalue weighted by Gasteiger charge is 2.39. The van der Waals surface area contributed by atoms with Gasteiger partial charge in [-0.15, -0.1) is 0 Å². The zero-order valence-corrected chi connectivity index (χ0v) is 13.7. The van der Waals surface area contributed by atoms with Gasteiger partial charge >= 0.3 is 12.1 Å². The largest absolute Gasteiger partial charge is 0.460 e. The van der Waals surface area contributed by atoms with Crippen molar-refractivity contribution in [1.29, 1.82) is 0 Å². The van der Waals surface area contributed by atoms with Crippen LogP contribution < -0.4 is 10.6 Å². The summed E-state index contributed by atoms with van der Waals surface area (Å²) in [5.74, 6) is -0.109. The molecule has 0 aliphatic heterocycles. The van der Waals surface area contributed by atoms with Crippen molar-refractivity contribution in [3.63, 3.8) is 0 Å². The number of nitrogens with two attached hydrogens (primary N) is 1. The molecule has 1 aromatic rings. The van der Waals surface area contributed by atoms with Crippen LogP contribution >= 0.6 is 0 Å². The van der Waals surface area contributed by atoms with Gasteiger partial charge in [-0.2, -0.15) is 0 Å². The Kier molecular flexibility index (Phi) is 5.20. The molecule has 126 valence electrons. The van der Waals surface area contributed by atoms with E-state index in [0.29, 0.717) is 18.0 Å². The first-order chi connectivity index (χ1) is 10.8. The molecule has 1 saturated carbocycles. The minimum atomic E-state index is -0.697. The number of amides is 1. The second-order valence-corrected chi connectivity index (χ2v) is 6.31. The summed E-state index contributed by atoms with van der Waals surface area (Å²) in [5, 5.41) is 0. The Morgan fingerprint density at radius 2 is 2.13 bits per heavy atom. The van der Waals surface area contributed by atoms with Gasteiger partial charge in [-0.3, -0.25) is 9.69 Å². The zero-order valence-electron chi connectivity index (χ0n) is 13.7. The van der Waals surface area contributed by atoms with E-state index in [4.69, 9.17) is 15.2 Å². The van der Waals surface area contributed by atoms with Gasteiger partial charge in [0, 0.05) is 24.2 Å². The predicted molar refractivity (Wildman–Crippen MR) is 84.8 cm³/mol. The maximum Gasteiger partial charge on any atom is 0.415 e. The normalized spacial score (nSPS) is 16.3. The number of hydrogen-bond acceptors (Lipinski definition) is 6. The topological polar surface area (TPSA) is 94.8 Å². The molecule has 2 rings (SSSR count). The quantitative estimate of drug-likeness (QED) is 0.803. The molecule has 0 spiro atoms. The van der Waals surface area contributed by atoms with Crippen LogP contribution in [0.4, 0.5) is 10.6 Å². The molecule has 2 N–H and O–H groups in total. The van der Waals surface area contributed by atoms with E-state index < -0.39 is 18.1 Å². The van der Waals surface area contributed by atoms with Crippen LogP contribution in [0.15, 0.2) is 18.3 Å². The van der Waals surface area contributed by atoms with Crippen molar-refractivity contribution in [2.75, 3.05) is 18.6 Å². The molecule has 1 aliphatic carbocycles. The SMILES string of the molecule is C[C@H](N)C(=O)OCc1cccnc1N(C)C(=O)OCC1(C)CC1. The molecule has 1 heterocycles. The van der Waals surface area contributed by atoms with Gasteiger partial charge in [0.25, 0.3) is 0 Å². The van der Waals surface area contributed by atoms with Crippen LogP contribution in [0, 0.1) is 5.41 Å². The Labute approximate surface area is 135 Å². The van der Waals surface area contributed by atoms with Gasteiger partial charge in [-0.25, -0.2) is 9.78 Å². The highest BCUT2D eigenvalue weighted by molar-refractivity contribution is 5.86. The minimum absolute atomic E-state index is 0.00111. The lowest BCUT2D eigenvalue weighted by molar-refractivity contribution is -0.146. The summed E-state index contributed by atoms with van der Waals surface area (Å²) in [6, 6.07) is 2.75. The van der Waals surface area contributed by atoms with E-state index in [-0.39, 0.29) is 12.0 Å². The molecule has 7 nitrogen and oxygen atoms in total. The Bertz CT molecular complexity index is 584. The molecule has 1 fully saturated rings. The number of anilines is 1. The Morgan fingerprint density at radius 3 is 2.74 bits per heavy atom. The third kappa shape index (κ3) is 4.66. The van der Waals surface area contributed by atoms with Gasteiger partial charge in [-0.1, -0.05) is 13.0 Å². The first kappa shape index (κ1) is 17.2. The summed E-state index contributed by atoms with van der Waals surface area (Å²) >= 11 is 0. The Hall–Kier alpha value is -2.15. The molecule has 1 amide bonds. The monoisotopic (exact) mass is 321 g/mol. The van der Waals surface area contributed by atoms with Crippen LogP contribution in [-0.4, -0.2) is 36.7 Å². The molecular weight excluding hydrogens is 298 g/mol. The molecule has 0 saturated heterocycles. The molecule has 0 unspecified atom stereocenters. The molecule has 23 heavy (non-hydrogen) atoms. The fraction of sp³-hybridized carbons (Fsp3) is 0.562. The van der Waals surface area contributed by atoms with E-state index >= 15 is 0 Å². The molecule has 1 aliphatic rings. The number of rotatable bonds is 6. The number of esters is 1. The molecule has 0 aromatic carbocycles. The second kappa shape index (κ2) is 6.95. The van der Waals surface area contributed by atoms with E-state index in [2.05, 4.69) is 11.9 Å². The summed E-state index contributed by atoms with van der Waals surface area (Å²) in [4.78, 5) is 29.1. The molecule has 7 heteroatoms. The summed E-state index contributed by atoms with van der Waals surface area (Å²) < 4.78 is 10.4. The predicted octanol–water partition coefficient (Wildman–Crippen LogP) is 1.84. The van der Waals surface area contributed by atoms with E-state index in [0.717, 1.165) is 12.8 Å². The third-order valence-corrected chi connectivity index (χ3v) is 3.85. The number of carbonyl (C=O) groups is 2. The van der Waals surface area contributed by atoms with E-state index in [9.17, 15) is 9.59 Å².